The molecule has 5 nitrogen and oxygen atoms in total. The molecular weight excluding hydrogens is 253 g/mol. The second-order valence-electron chi connectivity index (χ2n) is 4.33. The smallest absolute Gasteiger partial charge is 0.326 e. The SMILES string of the molecule is O=C(O)C1CCCN1C(=O)COc1ccc(F)cc1. The number of carboxylic acids is 1. The molecule has 102 valence electrons. The van der Waals surface area contributed by atoms with Crippen LogP contribution in [0.5, 0.6) is 5.75 Å². The molecule has 0 spiro atoms. The number of ether oxygens (including phenoxy) is 1. The molecule has 1 N–H and O–H groups in total. The molecule has 1 unspecified atom stereocenters. The summed E-state index contributed by atoms with van der Waals surface area (Å²) in [6.07, 6.45) is 1.15. The van der Waals surface area contributed by atoms with E-state index in [-0.39, 0.29) is 18.3 Å². The van der Waals surface area contributed by atoms with Crippen molar-refractivity contribution in [2.75, 3.05) is 13.2 Å². The second-order valence-corrected chi connectivity index (χ2v) is 4.33. The van der Waals surface area contributed by atoms with Crippen molar-refractivity contribution in [2.24, 2.45) is 0 Å². The van der Waals surface area contributed by atoms with Gasteiger partial charge in [0.2, 0.25) is 0 Å². The molecule has 19 heavy (non-hydrogen) atoms. The maximum atomic E-state index is 12.7. The molecule has 0 aliphatic carbocycles. The normalized spacial score (nSPS) is 18.4. The van der Waals surface area contributed by atoms with E-state index in [4.69, 9.17) is 9.84 Å². The lowest BCUT2D eigenvalue weighted by Gasteiger charge is -2.21. The van der Waals surface area contributed by atoms with Gasteiger partial charge < -0.3 is 14.7 Å². The van der Waals surface area contributed by atoms with E-state index in [1.807, 2.05) is 0 Å². The highest BCUT2D eigenvalue weighted by Gasteiger charge is 2.33. The summed E-state index contributed by atoms with van der Waals surface area (Å²) < 4.78 is 17.9. The van der Waals surface area contributed by atoms with Crippen molar-refractivity contribution in [3.8, 4) is 5.75 Å². The van der Waals surface area contributed by atoms with Crippen LogP contribution in [0.4, 0.5) is 4.39 Å². The van der Waals surface area contributed by atoms with E-state index < -0.39 is 12.0 Å². The first-order valence-corrected chi connectivity index (χ1v) is 5.98. The summed E-state index contributed by atoms with van der Waals surface area (Å²) in [5.74, 6) is -1.37. The Bertz CT molecular complexity index is 474. The van der Waals surface area contributed by atoms with Crippen LogP contribution in [-0.2, 0) is 9.59 Å². The van der Waals surface area contributed by atoms with E-state index in [9.17, 15) is 14.0 Å². The molecule has 1 fully saturated rings. The van der Waals surface area contributed by atoms with Gasteiger partial charge in [0.15, 0.2) is 6.61 Å². The standard InChI is InChI=1S/C13H14FNO4/c14-9-3-5-10(6-4-9)19-8-12(16)15-7-1-2-11(15)13(17)18/h3-6,11H,1-2,7-8H2,(H,17,18). The topological polar surface area (TPSA) is 66.8 Å². The molecule has 1 aromatic carbocycles. The Kier molecular flexibility index (Phi) is 3.99. The number of halogens is 1. The number of amides is 1. The first-order chi connectivity index (χ1) is 9.08. The number of hydrogen-bond donors (Lipinski definition) is 1. The molecule has 0 saturated carbocycles. The maximum absolute atomic E-state index is 12.7. The number of likely N-dealkylation sites (tertiary alicyclic amines) is 1. The Morgan fingerprint density at radius 2 is 2.05 bits per heavy atom. The minimum Gasteiger partial charge on any atom is -0.484 e. The van der Waals surface area contributed by atoms with E-state index >= 15 is 0 Å². The van der Waals surface area contributed by atoms with Crippen LogP contribution in [-0.4, -0.2) is 41.1 Å². The van der Waals surface area contributed by atoms with Crippen molar-refractivity contribution in [2.45, 2.75) is 18.9 Å². The number of carboxylic acid groups (broad SMARTS) is 1. The molecule has 1 aliphatic heterocycles. The molecule has 2 rings (SSSR count). The number of hydrogen-bond acceptors (Lipinski definition) is 3. The zero-order chi connectivity index (χ0) is 13.8. The summed E-state index contributed by atoms with van der Waals surface area (Å²) in [7, 11) is 0. The van der Waals surface area contributed by atoms with Crippen LogP contribution >= 0.6 is 0 Å². The highest BCUT2D eigenvalue weighted by molar-refractivity contribution is 5.85. The second kappa shape index (κ2) is 5.69. The fourth-order valence-electron chi connectivity index (χ4n) is 2.08. The predicted octanol–water partition coefficient (Wildman–Crippen LogP) is 1.28. The van der Waals surface area contributed by atoms with Crippen molar-refractivity contribution in [1.82, 2.24) is 4.90 Å². The number of carbonyl (C=O) groups excluding carboxylic acids is 1. The van der Waals surface area contributed by atoms with Crippen LogP contribution in [0.2, 0.25) is 0 Å². The van der Waals surface area contributed by atoms with Crippen molar-refractivity contribution >= 4 is 11.9 Å². The van der Waals surface area contributed by atoms with Crippen molar-refractivity contribution in [3.63, 3.8) is 0 Å². The van der Waals surface area contributed by atoms with Gasteiger partial charge in [-0.05, 0) is 37.1 Å². The van der Waals surface area contributed by atoms with Crippen LogP contribution in [0.25, 0.3) is 0 Å². The lowest BCUT2D eigenvalue weighted by atomic mass is 10.2. The molecule has 1 aliphatic rings. The van der Waals surface area contributed by atoms with Gasteiger partial charge in [0.25, 0.3) is 5.91 Å². The van der Waals surface area contributed by atoms with E-state index in [0.717, 1.165) is 0 Å². The molecule has 1 amide bonds. The summed E-state index contributed by atoms with van der Waals surface area (Å²) in [5, 5.41) is 8.97. The molecule has 0 aromatic heterocycles. The van der Waals surface area contributed by atoms with Gasteiger partial charge in [0.05, 0.1) is 0 Å². The molecule has 6 heteroatoms. The number of benzene rings is 1. The van der Waals surface area contributed by atoms with Gasteiger partial charge in [-0.3, -0.25) is 4.79 Å². The zero-order valence-corrected chi connectivity index (χ0v) is 10.2. The first kappa shape index (κ1) is 13.3. The Hall–Kier alpha value is -2.11. The molecule has 0 radical (unpaired) electrons. The number of carbonyl (C=O) groups is 2. The molecule has 1 heterocycles. The van der Waals surface area contributed by atoms with E-state index in [0.29, 0.717) is 25.1 Å². The fourth-order valence-corrected chi connectivity index (χ4v) is 2.08. The zero-order valence-electron chi connectivity index (χ0n) is 10.2. The van der Waals surface area contributed by atoms with Gasteiger partial charge in [-0.15, -0.1) is 0 Å². The van der Waals surface area contributed by atoms with Crippen LogP contribution in [0, 0.1) is 5.82 Å². The van der Waals surface area contributed by atoms with Crippen LogP contribution in [0.15, 0.2) is 24.3 Å². The predicted molar refractivity (Wildman–Crippen MR) is 64.3 cm³/mol. The maximum Gasteiger partial charge on any atom is 0.326 e. The van der Waals surface area contributed by atoms with Gasteiger partial charge in [-0.25, -0.2) is 9.18 Å². The monoisotopic (exact) mass is 267 g/mol. The Labute approximate surface area is 109 Å². The van der Waals surface area contributed by atoms with E-state index in [1.54, 1.807) is 0 Å². The average Bonchev–Trinajstić information content (AvgIpc) is 2.87. The Morgan fingerprint density at radius 3 is 2.68 bits per heavy atom. The van der Waals surface area contributed by atoms with Crippen LogP contribution < -0.4 is 4.74 Å². The summed E-state index contributed by atoms with van der Waals surface area (Å²) in [5.41, 5.74) is 0. The highest BCUT2D eigenvalue weighted by atomic mass is 19.1. The number of rotatable bonds is 4. The minimum absolute atomic E-state index is 0.241. The van der Waals surface area contributed by atoms with Gasteiger partial charge in [-0.1, -0.05) is 0 Å². The third-order valence-corrected chi connectivity index (χ3v) is 3.03. The first-order valence-electron chi connectivity index (χ1n) is 5.98. The van der Waals surface area contributed by atoms with Gasteiger partial charge in [0, 0.05) is 6.54 Å². The Morgan fingerprint density at radius 1 is 1.37 bits per heavy atom. The number of nitrogens with zero attached hydrogens (tertiary/aromatic N) is 1. The van der Waals surface area contributed by atoms with Gasteiger partial charge in [0.1, 0.15) is 17.6 Å². The minimum atomic E-state index is -0.993. The third kappa shape index (κ3) is 3.21. The largest absolute Gasteiger partial charge is 0.484 e. The lowest BCUT2D eigenvalue weighted by Crippen LogP contribution is -2.42. The molecule has 1 saturated heterocycles. The highest BCUT2D eigenvalue weighted by Crippen LogP contribution is 2.18. The Balaban J connectivity index is 1.90. The third-order valence-electron chi connectivity index (χ3n) is 3.03. The van der Waals surface area contributed by atoms with Gasteiger partial charge in [-0.2, -0.15) is 0 Å². The van der Waals surface area contributed by atoms with Gasteiger partial charge >= 0.3 is 5.97 Å². The van der Waals surface area contributed by atoms with E-state index in [1.165, 1.54) is 29.2 Å². The molecular formula is C13H14FNO4. The van der Waals surface area contributed by atoms with Crippen molar-refractivity contribution < 1.29 is 23.8 Å². The summed E-state index contributed by atoms with van der Waals surface area (Å²) in [4.78, 5) is 24.1. The van der Waals surface area contributed by atoms with Crippen LogP contribution in [0.1, 0.15) is 12.8 Å². The summed E-state index contributed by atoms with van der Waals surface area (Å²) >= 11 is 0. The van der Waals surface area contributed by atoms with E-state index in [2.05, 4.69) is 0 Å². The summed E-state index contributed by atoms with van der Waals surface area (Å²) in [6.45, 7) is 0.192. The van der Waals surface area contributed by atoms with Crippen molar-refractivity contribution in [1.29, 1.82) is 0 Å². The molecule has 1 atom stereocenters. The fraction of sp³-hybridized carbons (Fsp3) is 0.385. The summed E-state index contributed by atoms with van der Waals surface area (Å²) in [6, 6.07) is 4.54. The molecule has 0 bridgehead atoms. The van der Waals surface area contributed by atoms with Crippen LogP contribution in [0.3, 0.4) is 0 Å². The number of aliphatic carboxylic acids is 1. The lowest BCUT2D eigenvalue weighted by molar-refractivity contribution is -0.148. The molecule has 1 aromatic rings. The quantitative estimate of drug-likeness (QED) is 0.892. The van der Waals surface area contributed by atoms with Crippen molar-refractivity contribution in [3.05, 3.63) is 30.1 Å². The average molecular weight is 267 g/mol.